The fraction of sp³-hybridized carbons (Fsp3) is 0.250. The summed E-state index contributed by atoms with van der Waals surface area (Å²) in [5.41, 5.74) is 7.21. The lowest BCUT2D eigenvalue weighted by Gasteiger charge is -2.04. The van der Waals surface area contributed by atoms with E-state index in [9.17, 15) is 4.79 Å². The van der Waals surface area contributed by atoms with Crippen LogP contribution in [0.2, 0.25) is 0 Å². The van der Waals surface area contributed by atoms with Crippen molar-refractivity contribution in [1.29, 1.82) is 0 Å². The van der Waals surface area contributed by atoms with Crippen LogP contribution in [0.5, 0.6) is 0 Å². The van der Waals surface area contributed by atoms with Crippen LogP contribution in [0.15, 0.2) is 18.2 Å². The van der Waals surface area contributed by atoms with Gasteiger partial charge in [-0.05, 0) is 12.1 Å². The number of esters is 1. The Kier molecular flexibility index (Phi) is 4.87. The molecule has 0 bridgehead atoms. The molecule has 0 aliphatic carbocycles. The maximum absolute atomic E-state index is 11.4. The first kappa shape index (κ1) is 12.6. The van der Waals surface area contributed by atoms with Crippen LogP contribution in [0.1, 0.15) is 22.3 Å². The van der Waals surface area contributed by atoms with Crippen molar-refractivity contribution in [3.05, 3.63) is 29.3 Å². The van der Waals surface area contributed by atoms with Crippen molar-refractivity contribution >= 4 is 27.6 Å². The average molecular weight is 282 g/mol. The lowest BCUT2D eigenvalue weighted by molar-refractivity contribution is 0.0602. The molecular formula is C12H12BrNO2. The number of alkyl halides is 1. The zero-order valence-electron chi connectivity index (χ0n) is 8.92. The highest BCUT2D eigenvalue weighted by Crippen LogP contribution is 2.17. The van der Waals surface area contributed by atoms with Crippen LogP contribution in [0.4, 0.5) is 5.69 Å². The minimum absolute atomic E-state index is 0.355. The Balaban J connectivity index is 3.05. The van der Waals surface area contributed by atoms with Crippen LogP contribution in [0.25, 0.3) is 0 Å². The predicted molar refractivity (Wildman–Crippen MR) is 67.5 cm³/mol. The van der Waals surface area contributed by atoms with Gasteiger partial charge in [0.2, 0.25) is 0 Å². The summed E-state index contributed by atoms with van der Waals surface area (Å²) in [4.78, 5) is 11.4. The van der Waals surface area contributed by atoms with Gasteiger partial charge >= 0.3 is 5.97 Å². The van der Waals surface area contributed by atoms with E-state index in [-0.39, 0.29) is 0 Å². The van der Waals surface area contributed by atoms with Crippen molar-refractivity contribution in [2.24, 2.45) is 0 Å². The number of hydrogen-bond donors (Lipinski definition) is 1. The van der Waals surface area contributed by atoms with Gasteiger partial charge < -0.3 is 10.5 Å². The summed E-state index contributed by atoms with van der Waals surface area (Å²) in [5, 5.41) is 0.816. The molecule has 0 atom stereocenters. The highest BCUT2D eigenvalue weighted by molar-refractivity contribution is 9.09. The number of rotatable bonds is 2. The smallest absolute Gasteiger partial charge is 0.339 e. The zero-order valence-corrected chi connectivity index (χ0v) is 10.5. The summed E-state index contributed by atoms with van der Waals surface area (Å²) in [6, 6.07) is 5.14. The molecule has 0 unspecified atom stereocenters. The summed E-state index contributed by atoms with van der Waals surface area (Å²) in [6.45, 7) is 0. The minimum atomic E-state index is -0.443. The van der Waals surface area contributed by atoms with E-state index in [1.165, 1.54) is 7.11 Å². The molecule has 4 heteroatoms. The van der Waals surface area contributed by atoms with Crippen molar-refractivity contribution in [1.82, 2.24) is 0 Å². The van der Waals surface area contributed by atoms with E-state index in [0.29, 0.717) is 16.8 Å². The quantitative estimate of drug-likeness (QED) is 0.391. The molecule has 2 N–H and O–H groups in total. The molecule has 0 aromatic heterocycles. The summed E-state index contributed by atoms with van der Waals surface area (Å²) in [5.74, 6) is 5.42. The third-order valence-electron chi connectivity index (χ3n) is 1.95. The molecule has 84 valence electrons. The van der Waals surface area contributed by atoms with E-state index < -0.39 is 5.97 Å². The van der Waals surface area contributed by atoms with Crippen molar-refractivity contribution in [3.63, 3.8) is 0 Å². The predicted octanol–water partition coefficient (Wildman–Crippen LogP) is 2.19. The van der Waals surface area contributed by atoms with Gasteiger partial charge in [0.1, 0.15) is 0 Å². The van der Waals surface area contributed by atoms with Gasteiger partial charge in [0.25, 0.3) is 0 Å². The van der Waals surface area contributed by atoms with Gasteiger partial charge in [-0.3, -0.25) is 0 Å². The van der Waals surface area contributed by atoms with Gasteiger partial charge in [0.05, 0.1) is 18.4 Å². The first-order chi connectivity index (χ1) is 7.70. The highest BCUT2D eigenvalue weighted by atomic mass is 79.9. The number of carbonyl (C=O) groups excluding carboxylic acids is 1. The summed E-state index contributed by atoms with van der Waals surface area (Å²) in [7, 11) is 1.32. The van der Waals surface area contributed by atoms with Gasteiger partial charge in [0, 0.05) is 17.3 Å². The molecule has 0 saturated carbocycles. The largest absolute Gasteiger partial charge is 0.465 e. The molecule has 0 amide bonds. The molecule has 0 radical (unpaired) electrons. The molecule has 0 saturated heterocycles. The fourth-order valence-corrected chi connectivity index (χ4v) is 1.37. The molecule has 16 heavy (non-hydrogen) atoms. The van der Waals surface area contributed by atoms with Crippen molar-refractivity contribution in [3.8, 4) is 11.8 Å². The Hall–Kier alpha value is -1.47. The summed E-state index contributed by atoms with van der Waals surface area (Å²) >= 11 is 3.28. The van der Waals surface area contributed by atoms with Gasteiger partial charge in [-0.25, -0.2) is 4.79 Å². The molecular weight excluding hydrogens is 270 g/mol. The van der Waals surface area contributed by atoms with Crippen LogP contribution in [0.3, 0.4) is 0 Å². The number of halogens is 1. The zero-order chi connectivity index (χ0) is 12.0. The maximum Gasteiger partial charge on any atom is 0.339 e. The second kappa shape index (κ2) is 6.19. The van der Waals surface area contributed by atoms with E-state index in [1.54, 1.807) is 18.2 Å². The SMILES string of the molecule is COC(=O)c1cccc(C#CCCBr)c1N. The molecule has 0 fully saturated rings. The van der Waals surface area contributed by atoms with Crippen molar-refractivity contribution < 1.29 is 9.53 Å². The molecule has 0 spiro atoms. The average Bonchev–Trinajstić information content (AvgIpc) is 2.30. The minimum Gasteiger partial charge on any atom is -0.465 e. The first-order valence-electron chi connectivity index (χ1n) is 4.72. The highest BCUT2D eigenvalue weighted by Gasteiger charge is 2.11. The third-order valence-corrected chi connectivity index (χ3v) is 2.35. The van der Waals surface area contributed by atoms with Crippen molar-refractivity contribution in [2.75, 3.05) is 18.2 Å². The lowest BCUT2D eigenvalue weighted by Crippen LogP contribution is -2.06. The van der Waals surface area contributed by atoms with Crippen LogP contribution in [-0.4, -0.2) is 18.4 Å². The topological polar surface area (TPSA) is 52.3 Å². The van der Waals surface area contributed by atoms with Crippen LogP contribution in [-0.2, 0) is 4.74 Å². The van der Waals surface area contributed by atoms with Gasteiger partial charge in [-0.2, -0.15) is 0 Å². The first-order valence-corrected chi connectivity index (χ1v) is 5.84. The number of nitrogen functional groups attached to an aromatic ring is 1. The number of carbonyl (C=O) groups is 1. The maximum atomic E-state index is 11.4. The number of anilines is 1. The Bertz CT molecular complexity index is 446. The van der Waals surface area contributed by atoms with Crippen molar-refractivity contribution in [2.45, 2.75) is 6.42 Å². The number of benzene rings is 1. The molecule has 0 aliphatic rings. The number of ether oxygens (including phenoxy) is 1. The van der Waals surface area contributed by atoms with Crippen LogP contribution in [0, 0.1) is 11.8 Å². The van der Waals surface area contributed by atoms with E-state index in [0.717, 1.165) is 11.8 Å². The Labute approximate surface area is 103 Å². The summed E-state index contributed by atoms with van der Waals surface area (Å²) in [6.07, 6.45) is 0.738. The second-order valence-electron chi connectivity index (χ2n) is 3.00. The standard InChI is InChI=1S/C12H12BrNO2/c1-16-12(15)10-7-4-6-9(11(10)14)5-2-3-8-13/h4,6-7H,3,8,14H2,1H3. The number of para-hydroxylation sites is 1. The van der Waals surface area contributed by atoms with Gasteiger partial charge in [-0.15, -0.1) is 0 Å². The molecule has 0 heterocycles. The van der Waals surface area contributed by atoms with E-state index in [2.05, 4.69) is 32.5 Å². The molecule has 3 nitrogen and oxygen atoms in total. The summed E-state index contributed by atoms with van der Waals surface area (Å²) < 4.78 is 4.62. The van der Waals surface area contributed by atoms with Crippen LogP contribution >= 0.6 is 15.9 Å². The third kappa shape index (κ3) is 3.01. The normalized spacial score (nSPS) is 9.12. The molecule has 0 aliphatic heterocycles. The monoisotopic (exact) mass is 281 g/mol. The molecule has 1 aromatic rings. The van der Waals surface area contributed by atoms with E-state index in [4.69, 9.17) is 5.73 Å². The van der Waals surface area contributed by atoms with E-state index >= 15 is 0 Å². The van der Waals surface area contributed by atoms with Gasteiger partial charge in [0.15, 0.2) is 0 Å². The Morgan fingerprint density at radius 1 is 1.56 bits per heavy atom. The van der Waals surface area contributed by atoms with Gasteiger partial charge in [-0.1, -0.05) is 33.8 Å². The number of hydrogen-bond acceptors (Lipinski definition) is 3. The Morgan fingerprint density at radius 3 is 2.94 bits per heavy atom. The van der Waals surface area contributed by atoms with Crippen LogP contribution < -0.4 is 5.73 Å². The molecule has 1 rings (SSSR count). The second-order valence-corrected chi connectivity index (χ2v) is 3.79. The number of methoxy groups -OCH3 is 1. The lowest BCUT2D eigenvalue weighted by atomic mass is 10.1. The Morgan fingerprint density at radius 2 is 2.31 bits per heavy atom. The number of nitrogens with two attached hydrogens (primary N) is 1. The fourth-order valence-electron chi connectivity index (χ4n) is 1.17. The van der Waals surface area contributed by atoms with E-state index in [1.807, 2.05) is 0 Å². The molecule has 1 aromatic carbocycles.